The van der Waals surface area contributed by atoms with Gasteiger partial charge in [0.05, 0.1) is 0 Å². The number of nitrogens with two attached hydrogens (primary N) is 1. The van der Waals surface area contributed by atoms with E-state index in [1.165, 1.54) is 5.69 Å². The largest absolute Gasteiger partial charge is 0.367 e. The van der Waals surface area contributed by atoms with E-state index >= 15 is 0 Å². The van der Waals surface area contributed by atoms with Gasteiger partial charge in [-0.1, -0.05) is 13.0 Å². The van der Waals surface area contributed by atoms with Gasteiger partial charge in [0.25, 0.3) is 0 Å². The molecule has 1 saturated heterocycles. The van der Waals surface area contributed by atoms with Gasteiger partial charge in [0.2, 0.25) is 5.91 Å². The highest BCUT2D eigenvalue weighted by molar-refractivity contribution is 8.00. The van der Waals surface area contributed by atoms with Crippen molar-refractivity contribution in [3.63, 3.8) is 0 Å². The minimum Gasteiger partial charge on any atom is -0.367 e. The number of anilines is 2. The van der Waals surface area contributed by atoms with Crippen molar-refractivity contribution in [3.05, 3.63) is 23.8 Å². The van der Waals surface area contributed by atoms with Gasteiger partial charge in [-0.15, -0.1) is 0 Å². The Morgan fingerprint density at radius 1 is 1.42 bits per heavy atom. The number of amides is 1. The molecule has 19 heavy (non-hydrogen) atoms. The summed E-state index contributed by atoms with van der Waals surface area (Å²) in [5, 5.41) is 3.48. The number of thioether (sulfide) groups is 1. The Morgan fingerprint density at radius 3 is 3.00 bits per heavy atom. The third-order valence-electron chi connectivity index (χ3n) is 4.13. The molecule has 1 amide bonds. The van der Waals surface area contributed by atoms with Gasteiger partial charge < -0.3 is 16.0 Å². The Bertz CT molecular complexity index is 519. The Labute approximate surface area is 117 Å². The standard InChI is InChI=1S/C14H19N3OS/c1-8-9(2)19-6-5-17(8)10-3-4-11-12(7-10)16-14(18)13(11)15/h3-4,7-9,13H,5-6,15H2,1-2H3,(H,16,18). The molecule has 1 aromatic rings. The van der Waals surface area contributed by atoms with Gasteiger partial charge in [0.15, 0.2) is 0 Å². The number of nitrogens with zero attached hydrogens (tertiary/aromatic N) is 1. The summed E-state index contributed by atoms with van der Waals surface area (Å²) < 4.78 is 0. The molecule has 0 aliphatic carbocycles. The molecule has 3 unspecified atom stereocenters. The van der Waals surface area contributed by atoms with E-state index in [1.807, 2.05) is 17.8 Å². The van der Waals surface area contributed by atoms with Gasteiger partial charge in [-0.3, -0.25) is 4.79 Å². The molecule has 2 aliphatic rings. The lowest BCUT2D eigenvalue weighted by molar-refractivity contribution is -0.116. The van der Waals surface area contributed by atoms with E-state index in [1.54, 1.807) is 0 Å². The van der Waals surface area contributed by atoms with Gasteiger partial charge in [-0.25, -0.2) is 0 Å². The van der Waals surface area contributed by atoms with Crippen molar-refractivity contribution in [3.8, 4) is 0 Å². The molecule has 1 aromatic carbocycles. The second-order valence-electron chi connectivity index (χ2n) is 5.25. The molecule has 3 N–H and O–H groups in total. The summed E-state index contributed by atoms with van der Waals surface area (Å²) in [6.45, 7) is 5.58. The van der Waals surface area contributed by atoms with Gasteiger partial charge in [-0.2, -0.15) is 11.8 Å². The molecule has 0 aromatic heterocycles. The van der Waals surface area contributed by atoms with Crippen LogP contribution in [0.1, 0.15) is 25.5 Å². The number of rotatable bonds is 1. The van der Waals surface area contributed by atoms with Gasteiger partial charge in [0.1, 0.15) is 6.04 Å². The molecular weight excluding hydrogens is 258 g/mol. The molecule has 5 heteroatoms. The van der Waals surface area contributed by atoms with Crippen LogP contribution in [0, 0.1) is 0 Å². The zero-order valence-electron chi connectivity index (χ0n) is 11.2. The fourth-order valence-corrected chi connectivity index (χ4v) is 3.85. The molecule has 102 valence electrons. The number of nitrogens with one attached hydrogen (secondary N) is 1. The van der Waals surface area contributed by atoms with Crippen LogP contribution in [-0.4, -0.2) is 29.5 Å². The van der Waals surface area contributed by atoms with E-state index in [0.717, 1.165) is 23.5 Å². The van der Waals surface area contributed by atoms with Crippen LogP contribution < -0.4 is 16.0 Å². The summed E-state index contributed by atoms with van der Waals surface area (Å²) in [5.41, 5.74) is 8.78. The SMILES string of the molecule is CC1SCCN(c2ccc3c(c2)NC(=O)C3N)C1C. The lowest BCUT2D eigenvalue weighted by Gasteiger charge is -2.39. The van der Waals surface area contributed by atoms with Crippen molar-refractivity contribution in [1.29, 1.82) is 0 Å². The second kappa shape index (κ2) is 4.72. The molecule has 4 nitrogen and oxygen atoms in total. The van der Waals surface area contributed by atoms with E-state index in [9.17, 15) is 4.79 Å². The number of carbonyl (C=O) groups is 1. The van der Waals surface area contributed by atoms with Gasteiger partial charge in [0, 0.05) is 40.5 Å². The smallest absolute Gasteiger partial charge is 0.245 e. The first-order chi connectivity index (χ1) is 9.08. The van der Waals surface area contributed by atoms with Crippen LogP contribution >= 0.6 is 11.8 Å². The van der Waals surface area contributed by atoms with Crippen molar-refractivity contribution in [2.45, 2.75) is 31.2 Å². The third-order valence-corrected chi connectivity index (χ3v) is 5.47. The van der Waals surface area contributed by atoms with Crippen molar-refractivity contribution >= 4 is 29.0 Å². The number of hydrogen-bond donors (Lipinski definition) is 2. The van der Waals surface area contributed by atoms with E-state index in [-0.39, 0.29) is 5.91 Å². The van der Waals surface area contributed by atoms with Crippen LogP contribution in [0.25, 0.3) is 0 Å². The Balaban J connectivity index is 1.91. The Kier molecular flexibility index (Phi) is 3.19. The van der Waals surface area contributed by atoms with E-state index in [4.69, 9.17) is 5.73 Å². The fraction of sp³-hybridized carbons (Fsp3) is 0.500. The first kappa shape index (κ1) is 12.8. The highest BCUT2D eigenvalue weighted by atomic mass is 32.2. The van der Waals surface area contributed by atoms with Crippen LogP contribution in [0.15, 0.2) is 18.2 Å². The summed E-state index contributed by atoms with van der Waals surface area (Å²) in [4.78, 5) is 14.0. The first-order valence-corrected chi connectivity index (χ1v) is 7.71. The van der Waals surface area contributed by atoms with E-state index in [0.29, 0.717) is 11.3 Å². The van der Waals surface area contributed by atoms with Crippen molar-refractivity contribution < 1.29 is 4.79 Å². The second-order valence-corrected chi connectivity index (χ2v) is 6.73. The van der Waals surface area contributed by atoms with Crippen molar-refractivity contribution in [2.75, 3.05) is 22.5 Å². The van der Waals surface area contributed by atoms with Crippen LogP contribution in [0.5, 0.6) is 0 Å². The maximum absolute atomic E-state index is 11.6. The maximum atomic E-state index is 11.6. The highest BCUT2D eigenvalue weighted by Crippen LogP contribution is 2.35. The normalized spacial score (nSPS) is 30.2. The summed E-state index contributed by atoms with van der Waals surface area (Å²) in [5.74, 6) is 1.04. The van der Waals surface area contributed by atoms with Crippen LogP contribution in [0.4, 0.5) is 11.4 Å². The lowest BCUT2D eigenvalue weighted by Crippen LogP contribution is -2.44. The molecular formula is C14H19N3OS. The monoisotopic (exact) mass is 277 g/mol. The molecule has 3 atom stereocenters. The Hall–Kier alpha value is -1.20. The molecule has 1 fully saturated rings. The molecule has 0 radical (unpaired) electrons. The number of hydrogen-bond acceptors (Lipinski definition) is 4. The maximum Gasteiger partial charge on any atom is 0.245 e. The van der Waals surface area contributed by atoms with Crippen LogP contribution in [0.3, 0.4) is 0 Å². The molecule has 0 saturated carbocycles. The Morgan fingerprint density at radius 2 is 2.21 bits per heavy atom. The summed E-state index contributed by atoms with van der Waals surface area (Å²) in [6, 6.07) is 6.10. The molecule has 2 heterocycles. The van der Waals surface area contributed by atoms with Gasteiger partial charge >= 0.3 is 0 Å². The zero-order valence-corrected chi connectivity index (χ0v) is 12.0. The average Bonchev–Trinajstić information content (AvgIpc) is 2.68. The molecule has 0 bridgehead atoms. The van der Waals surface area contributed by atoms with E-state index in [2.05, 4.69) is 36.2 Å². The molecule has 0 spiro atoms. The third kappa shape index (κ3) is 2.11. The minimum absolute atomic E-state index is 0.109. The number of fused-ring (bicyclic) bond motifs is 1. The summed E-state index contributed by atoms with van der Waals surface area (Å²) >= 11 is 2.02. The summed E-state index contributed by atoms with van der Waals surface area (Å²) in [6.07, 6.45) is 0. The van der Waals surface area contributed by atoms with Crippen LogP contribution in [0.2, 0.25) is 0 Å². The highest BCUT2D eigenvalue weighted by Gasteiger charge is 2.30. The summed E-state index contributed by atoms with van der Waals surface area (Å²) in [7, 11) is 0. The lowest BCUT2D eigenvalue weighted by atomic mass is 10.1. The molecule has 2 aliphatic heterocycles. The average molecular weight is 277 g/mol. The predicted octanol–water partition coefficient (Wildman–Crippen LogP) is 1.97. The van der Waals surface area contributed by atoms with Crippen LogP contribution in [-0.2, 0) is 4.79 Å². The first-order valence-electron chi connectivity index (χ1n) is 6.66. The topological polar surface area (TPSA) is 58.4 Å². The van der Waals surface area contributed by atoms with E-state index < -0.39 is 6.04 Å². The number of benzene rings is 1. The predicted molar refractivity (Wildman–Crippen MR) is 80.7 cm³/mol. The van der Waals surface area contributed by atoms with Crippen molar-refractivity contribution in [2.24, 2.45) is 5.73 Å². The van der Waals surface area contributed by atoms with Crippen molar-refractivity contribution in [1.82, 2.24) is 0 Å². The zero-order chi connectivity index (χ0) is 13.6. The number of carbonyl (C=O) groups excluding carboxylic acids is 1. The minimum atomic E-state index is -0.516. The van der Waals surface area contributed by atoms with Gasteiger partial charge in [-0.05, 0) is 19.1 Å². The fourth-order valence-electron chi connectivity index (χ4n) is 2.75. The molecule has 3 rings (SSSR count). The quantitative estimate of drug-likeness (QED) is 0.824.